The third kappa shape index (κ3) is 6.10. The zero-order valence-electron chi connectivity index (χ0n) is 19.7. The van der Waals surface area contributed by atoms with Crippen LogP contribution in [0.15, 0.2) is 54.6 Å². The molecule has 3 rings (SSSR count). The minimum atomic E-state index is -0.837. The molecule has 0 radical (unpaired) electrons. The second-order valence-corrected chi connectivity index (χ2v) is 7.97. The lowest BCUT2D eigenvalue weighted by atomic mass is 10.1. The molecule has 3 aromatic carbocycles. The average molecular weight is 497 g/mol. The molecule has 0 saturated heterocycles. The predicted molar refractivity (Wildman–Crippen MR) is 134 cm³/mol. The zero-order valence-corrected chi connectivity index (χ0v) is 20.5. The van der Waals surface area contributed by atoms with Crippen molar-refractivity contribution in [3.8, 4) is 11.5 Å². The molecule has 9 heteroatoms. The van der Waals surface area contributed by atoms with Crippen LogP contribution in [0.5, 0.6) is 11.5 Å². The lowest BCUT2D eigenvalue weighted by Crippen LogP contribution is -2.22. The van der Waals surface area contributed by atoms with Gasteiger partial charge in [-0.2, -0.15) is 0 Å². The van der Waals surface area contributed by atoms with Gasteiger partial charge in [-0.05, 0) is 43.2 Å². The van der Waals surface area contributed by atoms with Crippen molar-refractivity contribution in [1.82, 2.24) is 0 Å². The summed E-state index contributed by atoms with van der Waals surface area (Å²) in [7, 11) is 2.83. The van der Waals surface area contributed by atoms with Crippen LogP contribution in [0.25, 0.3) is 0 Å². The molecule has 2 amide bonds. The van der Waals surface area contributed by atoms with Crippen molar-refractivity contribution in [1.29, 1.82) is 0 Å². The predicted octanol–water partition coefficient (Wildman–Crippen LogP) is 5.02. The van der Waals surface area contributed by atoms with Crippen molar-refractivity contribution in [2.45, 2.75) is 13.8 Å². The van der Waals surface area contributed by atoms with E-state index in [0.29, 0.717) is 5.69 Å². The normalized spacial score (nSPS) is 10.3. The van der Waals surface area contributed by atoms with Crippen LogP contribution in [0.3, 0.4) is 0 Å². The Morgan fingerprint density at radius 2 is 1.51 bits per heavy atom. The Balaban J connectivity index is 1.81. The summed E-state index contributed by atoms with van der Waals surface area (Å²) < 4.78 is 15.8. The number of hydrogen-bond acceptors (Lipinski definition) is 6. The van der Waals surface area contributed by atoms with E-state index in [-0.39, 0.29) is 33.3 Å². The first kappa shape index (κ1) is 25.6. The highest BCUT2D eigenvalue weighted by molar-refractivity contribution is 6.34. The number of amides is 2. The molecule has 0 spiro atoms. The van der Waals surface area contributed by atoms with Crippen molar-refractivity contribution >= 4 is 40.8 Å². The van der Waals surface area contributed by atoms with Gasteiger partial charge in [-0.3, -0.25) is 9.59 Å². The Morgan fingerprint density at radius 3 is 2.20 bits per heavy atom. The maximum atomic E-state index is 12.9. The maximum Gasteiger partial charge on any atom is 0.340 e. The maximum absolute atomic E-state index is 12.9. The number of hydrogen-bond donors (Lipinski definition) is 2. The monoisotopic (exact) mass is 496 g/mol. The third-order valence-corrected chi connectivity index (χ3v) is 5.65. The molecule has 8 nitrogen and oxygen atoms in total. The van der Waals surface area contributed by atoms with Gasteiger partial charge in [-0.15, -0.1) is 0 Å². The summed E-state index contributed by atoms with van der Waals surface area (Å²) in [6.07, 6.45) is 0. The SMILES string of the molecule is COc1cc(NC(=O)c2ccccc2Cl)c(C(=O)OCC(=O)Nc2cccc(C)c2C)cc1OC. The highest BCUT2D eigenvalue weighted by atomic mass is 35.5. The van der Waals surface area contributed by atoms with E-state index in [2.05, 4.69) is 10.6 Å². The van der Waals surface area contributed by atoms with Gasteiger partial charge in [0.15, 0.2) is 18.1 Å². The Bertz CT molecular complexity index is 1270. The first-order valence-electron chi connectivity index (χ1n) is 10.6. The quantitative estimate of drug-likeness (QED) is 0.424. The van der Waals surface area contributed by atoms with E-state index in [1.54, 1.807) is 30.3 Å². The van der Waals surface area contributed by atoms with Crippen LogP contribution in [-0.2, 0) is 9.53 Å². The number of methoxy groups -OCH3 is 2. The molecule has 0 fully saturated rings. The summed E-state index contributed by atoms with van der Waals surface area (Å²) in [5.74, 6) is -1.35. The van der Waals surface area contributed by atoms with Gasteiger partial charge in [-0.25, -0.2) is 4.79 Å². The molecule has 0 unspecified atom stereocenters. The lowest BCUT2D eigenvalue weighted by molar-refractivity contribution is -0.119. The summed E-state index contributed by atoms with van der Waals surface area (Å²) >= 11 is 6.12. The number of carbonyl (C=O) groups excluding carboxylic acids is 3. The number of carbonyl (C=O) groups is 3. The zero-order chi connectivity index (χ0) is 25.5. The first-order chi connectivity index (χ1) is 16.7. The molecule has 182 valence electrons. The number of aryl methyl sites for hydroxylation is 1. The van der Waals surface area contributed by atoms with Gasteiger partial charge in [0.1, 0.15) is 0 Å². The van der Waals surface area contributed by atoms with Crippen molar-refractivity contribution < 1.29 is 28.6 Å². The number of rotatable bonds is 8. The molecule has 0 aliphatic heterocycles. The van der Waals surface area contributed by atoms with Crippen molar-refractivity contribution in [3.63, 3.8) is 0 Å². The van der Waals surface area contributed by atoms with Crippen molar-refractivity contribution in [2.24, 2.45) is 0 Å². The molecule has 0 aromatic heterocycles. The number of esters is 1. The molecule has 0 aliphatic carbocycles. The molecule has 2 N–H and O–H groups in total. The Hall–Kier alpha value is -4.04. The minimum absolute atomic E-state index is 0.0254. The number of halogens is 1. The summed E-state index contributed by atoms with van der Waals surface area (Å²) in [5.41, 5.74) is 2.86. The number of ether oxygens (including phenoxy) is 3. The minimum Gasteiger partial charge on any atom is -0.493 e. The molecule has 0 bridgehead atoms. The molecule has 0 aliphatic rings. The summed E-state index contributed by atoms with van der Waals surface area (Å²) in [4.78, 5) is 38.1. The van der Waals surface area contributed by atoms with E-state index >= 15 is 0 Å². The van der Waals surface area contributed by atoms with Gasteiger partial charge in [0.2, 0.25) is 0 Å². The van der Waals surface area contributed by atoms with Crippen molar-refractivity contribution in [3.05, 3.63) is 81.9 Å². The van der Waals surface area contributed by atoms with Crippen LogP contribution >= 0.6 is 11.6 Å². The molecule has 0 saturated carbocycles. The molecular formula is C26H25ClN2O6. The van der Waals surface area contributed by atoms with Gasteiger partial charge in [0.25, 0.3) is 11.8 Å². The second kappa shape index (κ2) is 11.4. The van der Waals surface area contributed by atoms with E-state index in [9.17, 15) is 14.4 Å². The Kier molecular flexibility index (Phi) is 8.33. The molecule has 35 heavy (non-hydrogen) atoms. The highest BCUT2D eigenvalue weighted by Crippen LogP contribution is 2.34. The van der Waals surface area contributed by atoms with Crippen LogP contribution in [0, 0.1) is 13.8 Å². The molecule has 0 atom stereocenters. The van der Waals surface area contributed by atoms with Gasteiger partial charge in [0.05, 0.1) is 36.1 Å². The summed E-state index contributed by atoms with van der Waals surface area (Å²) in [5, 5.41) is 5.63. The fourth-order valence-electron chi connectivity index (χ4n) is 3.27. The van der Waals surface area contributed by atoms with Crippen LogP contribution in [0.1, 0.15) is 31.8 Å². The topological polar surface area (TPSA) is 103 Å². The Labute approximate surface area is 208 Å². The molecule has 0 heterocycles. The Morgan fingerprint density at radius 1 is 0.829 bits per heavy atom. The fraction of sp³-hybridized carbons (Fsp3) is 0.192. The third-order valence-electron chi connectivity index (χ3n) is 5.32. The van der Waals surface area contributed by atoms with E-state index in [0.717, 1.165) is 11.1 Å². The van der Waals surface area contributed by atoms with Crippen LogP contribution in [-0.4, -0.2) is 38.6 Å². The molecular weight excluding hydrogens is 472 g/mol. The standard InChI is InChI=1S/C26H25ClN2O6/c1-15-8-7-11-20(16(15)2)28-24(30)14-35-26(32)18-12-22(33-3)23(34-4)13-21(18)29-25(31)17-9-5-6-10-19(17)27/h5-13H,14H2,1-4H3,(H,28,30)(H,29,31). The first-order valence-corrected chi connectivity index (χ1v) is 11.0. The van der Waals surface area contributed by atoms with Crippen molar-refractivity contribution in [2.75, 3.05) is 31.5 Å². The highest BCUT2D eigenvalue weighted by Gasteiger charge is 2.22. The van der Waals surface area contributed by atoms with E-state index < -0.39 is 24.4 Å². The van der Waals surface area contributed by atoms with Gasteiger partial charge in [0, 0.05) is 17.8 Å². The van der Waals surface area contributed by atoms with E-state index in [1.807, 2.05) is 26.0 Å². The van der Waals surface area contributed by atoms with E-state index in [4.69, 9.17) is 25.8 Å². The van der Waals surface area contributed by atoms with Crippen LogP contribution in [0.4, 0.5) is 11.4 Å². The average Bonchev–Trinajstić information content (AvgIpc) is 2.85. The van der Waals surface area contributed by atoms with Crippen LogP contribution < -0.4 is 20.1 Å². The van der Waals surface area contributed by atoms with Gasteiger partial charge < -0.3 is 24.8 Å². The van der Waals surface area contributed by atoms with E-state index in [1.165, 1.54) is 26.4 Å². The van der Waals surface area contributed by atoms with Gasteiger partial charge in [-0.1, -0.05) is 35.9 Å². The number of nitrogens with one attached hydrogen (secondary N) is 2. The molecule has 3 aromatic rings. The lowest BCUT2D eigenvalue weighted by Gasteiger charge is -2.16. The van der Waals surface area contributed by atoms with Crippen LogP contribution in [0.2, 0.25) is 5.02 Å². The smallest absolute Gasteiger partial charge is 0.340 e. The second-order valence-electron chi connectivity index (χ2n) is 7.56. The number of anilines is 2. The largest absolute Gasteiger partial charge is 0.493 e. The number of benzene rings is 3. The fourth-order valence-corrected chi connectivity index (χ4v) is 3.49. The summed E-state index contributed by atoms with van der Waals surface area (Å²) in [6, 6.07) is 14.8. The summed E-state index contributed by atoms with van der Waals surface area (Å²) in [6.45, 7) is 3.29. The van der Waals surface area contributed by atoms with Gasteiger partial charge >= 0.3 is 5.97 Å².